The number of hydrogen-bond acceptors (Lipinski definition) is 2. The lowest BCUT2D eigenvalue weighted by molar-refractivity contribution is -0.0989. The minimum absolute atomic E-state index is 0.284. The van der Waals surface area contributed by atoms with Gasteiger partial charge in [0.1, 0.15) is 0 Å². The van der Waals surface area contributed by atoms with E-state index in [1.54, 1.807) is 0 Å². The van der Waals surface area contributed by atoms with Gasteiger partial charge < -0.3 is 10.4 Å². The summed E-state index contributed by atoms with van der Waals surface area (Å²) in [6.07, 6.45) is 8.32. The Hall–Kier alpha value is -0.860. The molecule has 2 nitrogen and oxygen atoms in total. The average Bonchev–Trinajstić information content (AvgIpc) is 2.46. The van der Waals surface area contributed by atoms with E-state index in [0.29, 0.717) is 5.92 Å². The third-order valence-corrected chi connectivity index (χ3v) is 5.13. The first kappa shape index (κ1) is 13.1. The Labute approximate surface area is 116 Å². The zero-order valence-corrected chi connectivity index (χ0v) is 11.6. The topological polar surface area (TPSA) is 32.3 Å². The van der Waals surface area contributed by atoms with Gasteiger partial charge in [-0.2, -0.15) is 0 Å². The molecule has 2 saturated carbocycles. The standard InChI is InChI=1S/C17H25NO/c19-17-12-5-4-9-15(17)10-6-11-16(17)18-13-14-7-2-1-3-8-14/h1-3,7-8,15-16,18-19H,4-6,9-13H2/t15-,16+,17+/m1/s1. The highest BCUT2D eigenvalue weighted by Gasteiger charge is 2.46. The maximum absolute atomic E-state index is 11.1. The smallest absolute Gasteiger partial charge is 0.0828 e. The average molecular weight is 259 g/mol. The Morgan fingerprint density at radius 1 is 1.05 bits per heavy atom. The van der Waals surface area contributed by atoms with Gasteiger partial charge in [0.25, 0.3) is 0 Å². The van der Waals surface area contributed by atoms with Gasteiger partial charge in [-0.05, 0) is 37.2 Å². The predicted octanol–water partition coefficient (Wildman–Crippen LogP) is 3.25. The van der Waals surface area contributed by atoms with Crippen molar-refractivity contribution in [2.75, 3.05) is 0 Å². The molecule has 2 aliphatic carbocycles. The summed E-state index contributed by atoms with van der Waals surface area (Å²) in [4.78, 5) is 0. The minimum atomic E-state index is -0.439. The second-order valence-electron chi connectivity index (χ2n) is 6.28. The highest BCUT2D eigenvalue weighted by atomic mass is 16.3. The van der Waals surface area contributed by atoms with Gasteiger partial charge in [-0.3, -0.25) is 0 Å². The Kier molecular flexibility index (Phi) is 3.90. The monoisotopic (exact) mass is 259 g/mol. The molecule has 2 fully saturated rings. The zero-order chi connectivity index (χ0) is 13.1. The van der Waals surface area contributed by atoms with Gasteiger partial charge in [-0.25, -0.2) is 0 Å². The fraction of sp³-hybridized carbons (Fsp3) is 0.647. The van der Waals surface area contributed by atoms with E-state index >= 15 is 0 Å². The number of fused-ring (bicyclic) bond motifs is 1. The number of hydrogen-bond donors (Lipinski definition) is 2. The summed E-state index contributed by atoms with van der Waals surface area (Å²) < 4.78 is 0. The summed E-state index contributed by atoms with van der Waals surface area (Å²) >= 11 is 0. The van der Waals surface area contributed by atoms with Crippen molar-refractivity contribution in [2.24, 2.45) is 5.92 Å². The maximum Gasteiger partial charge on any atom is 0.0828 e. The van der Waals surface area contributed by atoms with Crippen molar-refractivity contribution >= 4 is 0 Å². The van der Waals surface area contributed by atoms with E-state index in [1.165, 1.54) is 37.7 Å². The van der Waals surface area contributed by atoms with Gasteiger partial charge in [-0.15, -0.1) is 0 Å². The molecule has 0 saturated heterocycles. The van der Waals surface area contributed by atoms with Crippen molar-refractivity contribution in [3.05, 3.63) is 35.9 Å². The molecule has 0 amide bonds. The Morgan fingerprint density at radius 3 is 2.68 bits per heavy atom. The van der Waals surface area contributed by atoms with Gasteiger partial charge in [0.15, 0.2) is 0 Å². The molecule has 0 bridgehead atoms. The van der Waals surface area contributed by atoms with Crippen molar-refractivity contribution in [3.63, 3.8) is 0 Å². The molecule has 19 heavy (non-hydrogen) atoms. The van der Waals surface area contributed by atoms with E-state index in [1.807, 2.05) is 0 Å². The van der Waals surface area contributed by atoms with E-state index in [9.17, 15) is 5.11 Å². The number of rotatable bonds is 3. The fourth-order valence-electron chi connectivity index (χ4n) is 4.04. The summed E-state index contributed by atoms with van der Waals surface area (Å²) in [6.45, 7) is 0.876. The van der Waals surface area contributed by atoms with Gasteiger partial charge in [0, 0.05) is 12.6 Å². The molecule has 0 heterocycles. The van der Waals surface area contributed by atoms with Crippen molar-refractivity contribution in [2.45, 2.75) is 63.1 Å². The molecule has 2 heteroatoms. The van der Waals surface area contributed by atoms with E-state index < -0.39 is 5.60 Å². The number of nitrogens with one attached hydrogen (secondary N) is 1. The number of aliphatic hydroxyl groups is 1. The van der Waals surface area contributed by atoms with Crippen LogP contribution in [-0.2, 0) is 6.54 Å². The van der Waals surface area contributed by atoms with Crippen LogP contribution in [0.3, 0.4) is 0 Å². The van der Waals surface area contributed by atoms with Crippen molar-refractivity contribution in [1.29, 1.82) is 0 Å². The summed E-state index contributed by atoms with van der Waals surface area (Å²) in [5, 5.41) is 14.7. The Bertz CT molecular complexity index is 403. The first-order valence-electron chi connectivity index (χ1n) is 7.79. The third-order valence-electron chi connectivity index (χ3n) is 5.13. The lowest BCUT2D eigenvalue weighted by Gasteiger charge is -2.49. The molecule has 1 aromatic rings. The van der Waals surface area contributed by atoms with E-state index in [-0.39, 0.29) is 6.04 Å². The Morgan fingerprint density at radius 2 is 1.84 bits per heavy atom. The van der Waals surface area contributed by atoms with Crippen molar-refractivity contribution < 1.29 is 5.11 Å². The third kappa shape index (κ3) is 2.70. The van der Waals surface area contributed by atoms with Crippen LogP contribution in [0.4, 0.5) is 0 Å². The van der Waals surface area contributed by atoms with E-state index in [0.717, 1.165) is 19.4 Å². The SMILES string of the molecule is O[C@@]12CCCC[C@@H]1CCC[C@@H]2NCc1ccccc1. The van der Waals surface area contributed by atoms with Crippen LogP contribution in [-0.4, -0.2) is 16.7 Å². The van der Waals surface area contributed by atoms with Crippen molar-refractivity contribution in [1.82, 2.24) is 5.32 Å². The summed E-state index contributed by atoms with van der Waals surface area (Å²) in [6, 6.07) is 10.8. The van der Waals surface area contributed by atoms with E-state index in [4.69, 9.17) is 0 Å². The van der Waals surface area contributed by atoms with Gasteiger partial charge >= 0.3 is 0 Å². The predicted molar refractivity (Wildman–Crippen MR) is 77.8 cm³/mol. The molecule has 2 N–H and O–H groups in total. The molecular formula is C17H25NO. The molecule has 3 rings (SSSR count). The fourth-order valence-corrected chi connectivity index (χ4v) is 4.04. The summed E-state index contributed by atoms with van der Waals surface area (Å²) in [7, 11) is 0. The molecule has 104 valence electrons. The minimum Gasteiger partial charge on any atom is -0.388 e. The lowest BCUT2D eigenvalue weighted by Crippen LogP contribution is -2.58. The first-order chi connectivity index (χ1) is 9.29. The van der Waals surface area contributed by atoms with Crippen LogP contribution in [0.15, 0.2) is 30.3 Å². The van der Waals surface area contributed by atoms with Gasteiger partial charge in [-0.1, -0.05) is 49.6 Å². The quantitative estimate of drug-likeness (QED) is 0.873. The molecular weight excluding hydrogens is 234 g/mol. The molecule has 3 atom stereocenters. The normalized spacial score (nSPS) is 34.8. The van der Waals surface area contributed by atoms with Crippen LogP contribution in [0.1, 0.15) is 50.5 Å². The highest BCUT2D eigenvalue weighted by molar-refractivity contribution is 5.15. The van der Waals surface area contributed by atoms with Crippen LogP contribution < -0.4 is 5.32 Å². The molecule has 1 aromatic carbocycles. The van der Waals surface area contributed by atoms with Crippen LogP contribution in [0, 0.1) is 5.92 Å². The molecule has 0 aromatic heterocycles. The summed E-state index contributed by atoms with van der Waals surface area (Å²) in [5.74, 6) is 0.531. The molecule has 0 spiro atoms. The zero-order valence-electron chi connectivity index (χ0n) is 11.6. The molecule has 0 radical (unpaired) electrons. The first-order valence-corrected chi connectivity index (χ1v) is 7.79. The van der Waals surface area contributed by atoms with Crippen LogP contribution in [0.2, 0.25) is 0 Å². The van der Waals surface area contributed by atoms with Crippen LogP contribution >= 0.6 is 0 Å². The lowest BCUT2D eigenvalue weighted by atomic mass is 9.65. The maximum atomic E-state index is 11.1. The molecule has 2 aliphatic rings. The van der Waals surface area contributed by atoms with Gasteiger partial charge in [0.2, 0.25) is 0 Å². The number of benzene rings is 1. The largest absolute Gasteiger partial charge is 0.388 e. The molecule has 0 unspecified atom stereocenters. The summed E-state index contributed by atoms with van der Waals surface area (Å²) in [5.41, 5.74) is 0.870. The van der Waals surface area contributed by atoms with Crippen molar-refractivity contribution in [3.8, 4) is 0 Å². The molecule has 0 aliphatic heterocycles. The Balaban J connectivity index is 1.66. The van der Waals surface area contributed by atoms with E-state index in [2.05, 4.69) is 35.6 Å². The second kappa shape index (κ2) is 5.64. The van der Waals surface area contributed by atoms with Crippen LogP contribution in [0.25, 0.3) is 0 Å². The van der Waals surface area contributed by atoms with Crippen LogP contribution in [0.5, 0.6) is 0 Å². The highest BCUT2D eigenvalue weighted by Crippen LogP contribution is 2.43. The second-order valence-corrected chi connectivity index (χ2v) is 6.28. The van der Waals surface area contributed by atoms with Gasteiger partial charge in [0.05, 0.1) is 5.60 Å².